The summed E-state index contributed by atoms with van der Waals surface area (Å²) in [6, 6.07) is 4.15. The fraction of sp³-hybridized carbons (Fsp3) is 0.667. The minimum absolute atomic E-state index is 0.714. The van der Waals surface area contributed by atoms with Crippen LogP contribution in [0.15, 0.2) is 16.6 Å². The zero-order valence-corrected chi connectivity index (χ0v) is 16.2. The Bertz CT molecular complexity index is 488. The summed E-state index contributed by atoms with van der Waals surface area (Å²) in [6.45, 7) is 8.72. The first-order valence-corrected chi connectivity index (χ1v) is 9.33. The molecule has 5 heteroatoms. The summed E-state index contributed by atoms with van der Waals surface area (Å²) in [6.07, 6.45) is 3.21. The standard InChI is InChI=1S/C18H29BrN2O2/c1-4-12-23-18-14-16(19)15(13-17(18)22-3)6-5-7-21-10-8-20(2)9-11-21/h13-14H,4-12H2,1-3H3. The van der Waals surface area contributed by atoms with Crippen molar-refractivity contribution in [2.24, 2.45) is 0 Å². The molecule has 1 fully saturated rings. The average molecular weight is 385 g/mol. The van der Waals surface area contributed by atoms with Crippen LogP contribution in [-0.4, -0.2) is 63.3 Å². The lowest BCUT2D eigenvalue weighted by molar-refractivity contribution is 0.153. The first kappa shape index (κ1) is 18.6. The normalized spacial score (nSPS) is 16.5. The summed E-state index contributed by atoms with van der Waals surface area (Å²) in [5.41, 5.74) is 1.29. The number of ether oxygens (including phenoxy) is 2. The molecule has 1 aromatic rings. The molecule has 0 spiro atoms. The van der Waals surface area contributed by atoms with Gasteiger partial charge in [0, 0.05) is 30.7 Å². The lowest BCUT2D eigenvalue weighted by Gasteiger charge is -2.32. The van der Waals surface area contributed by atoms with Gasteiger partial charge in [0.1, 0.15) is 0 Å². The number of likely N-dealkylation sites (N-methyl/N-ethyl adjacent to an activating group) is 1. The van der Waals surface area contributed by atoms with Crippen molar-refractivity contribution in [3.05, 3.63) is 22.2 Å². The zero-order valence-electron chi connectivity index (χ0n) is 14.6. The topological polar surface area (TPSA) is 24.9 Å². The van der Waals surface area contributed by atoms with E-state index in [1.807, 2.05) is 6.07 Å². The second-order valence-corrected chi connectivity index (χ2v) is 7.05. The van der Waals surface area contributed by atoms with Crippen LogP contribution in [0.2, 0.25) is 0 Å². The van der Waals surface area contributed by atoms with Gasteiger partial charge in [-0.3, -0.25) is 0 Å². The SMILES string of the molecule is CCCOc1cc(Br)c(CCCN2CCN(C)CC2)cc1OC. The van der Waals surface area contributed by atoms with E-state index in [1.54, 1.807) is 7.11 Å². The Morgan fingerprint density at radius 1 is 1.13 bits per heavy atom. The van der Waals surface area contributed by atoms with Gasteiger partial charge >= 0.3 is 0 Å². The summed E-state index contributed by atoms with van der Waals surface area (Å²) in [5, 5.41) is 0. The summed E-state index contributed by atoms with van der Waals surface area (Å²) in [5.74, 6) is 1.65. The Balaban J connectivity index is 1.89. The third-order valence-electron chi connectivity index (χ3n) is 4.31. The number of hydrogen-bond acceptors (Lipinski definition) is 4. The van der Waals surface area contributed by atoms with Crippen LogP contribution < -0.4 is 9.47 Å². The zero-order chi connectivity index (χ0) is 16.7. The first-order chi connectivity index (χ1) is 11.1. The van der Waals surface area contributed by atoms with Crippen molar-refractivity contribution >= 4 is 15.9 Å². The molecule has 1 saturated heterocycles. The van der Waals surface area contributed by atoms with E-state index in [9.17, 15) is 0 Å². The maximum absolute atomic E-state index is 5.75. The highest BCUT2D eigenvalue weighted by Crippen LogP contribution is 2.34. The second kappa shape index (κ2) is 9.50. The first-order valence-electron chi connectivity index (χ1n) is 8.54. The van der Waals surface area contributed by atoms with Crippen molar-refractivity contribution in [2.45, 2.75) is 26.2 Å². The van der Waals surface area contributed by atoms with Crippen LogP contribution in [0.1, 0.15) is 25.3 Å². The van der Waals surface area contributed by atoms with Crippen LogP contribution in [0.25, 0.3) is 0 Å². The van der Waals surface area contributed by atoms with Gasteiger partial charge in [-0.15, -0.1) is 0 Å². The molecular weight excluding hydrogens is 356 g/mol. The Morgan fingerprint density at radius 3 is 2.52 bits per heavy atom. The molecule has 1 aromatic carbocycles. The molecule has 0 unspecified atom stereocenters. The molecule has 1 heterocycles. The van der Waals surface area contributed by atoms with Gasteiger partial charge < -0.3 is 19.3 Å². The molecular formula is C18H29BrN2O2. The van der Waals surface area contributed by atoms with Crippen molar-refractivity contribution in [3.63, 3.8) is 0 Å². The smallest absolute Gasteiger partial charge is 0.162 e. The largest absolute Gasteiger partial charge is 0.493 e. The molecule has 0 saturated carbocycles. The van der Waals surface area contributed by atoms with Gasteiger partial charge in [0.05, 0.1) is 13.7 Å². The van der Waals surface area contributed by atoms with E-state index in [0.717, 1.165) is 35.4 Å². The van der Waals surface area contributed by atoms with Gasteiger partial charge in [-0.25, -0.2) is 0 Å². The maximum Gasteiger partial charge on any atom is 0.162 e. The van der Waals surface area contributed by atoms with E-state index >= 15 is 0 Å². The third-order valence-corrected chi connectivity index (χ3v) is 5.05. The third kappa shape index (κ3) is 5.66. The molecule has 0 aliphatic carbocycles. The molecule has 4 nitrogen and oxygen atoms in total. The molecule has 0 bridgehead atoms. The van der Waals surface area contributed by atoms with E-state index in [2.05, 4.69) is 45.8 Å². The number of rotatable bonds is 8. The highest BCUT2D eigenvalue weighted by atomic mass is 79.9. The number of methoxy groups -OCH3 is 1. The number of hydrogen-bond donors (Lipinski definition) is 0. The van der Waals surface area contributed by atoms with Gasteiger partial charge in [0.2, 0.25) is 0 Å². The fourth-order valence-corrected chi connectivity index (χ4v) is 3.34. The quantitative estimate of drug-likeness (QED) is 0.685. The van der Waals surface area contributed by atoms with Crippen molar-refractivity contribution in [2.75, 3.05) is 53.5 Å². The summed E-state index contributed by atoms with van der Waals surface area (Å²) in [4.78, 5) is 4.96. The summed E-state index contributed by atoms with van der Waals surface area (Å²) < 4.78 is 12.4. The van der Waals surface area contributed by atoms with E-state index < -0.39 is 0 Å². The molecule has 23 heavy (non-hydrogen) atoms. The Hall–Kier alpha value is -0.780. The maximum atomic E-state index is 5.75. The molecule has 0 N–H and O–H groups in total. The van der Waals surface area contributed by atoms with Crippen LogP contribution in [0, 0.1) is 0 Å². The van der Waals surface area contributed by atoms with Crippen molar-refractivity contribution in [3.8, 4) is 11.5 Å². The molecule has 0 radical (unpaired) electrons. The molecule has 0 aromatic heterocycles. The summed E-state index contributed by atoms with van der Waals surface area (Å²) in [7, 11) is 3.90. The van der Waals surface area contributed by atoms with Crippen LogP contribution in [-0.2, 0) is 6.42 Å². The predicted molar refractivity (Wildman–Crippen MR) is 98.7 cm³/mol. The fourth-order valence-electron chi connectivity index (χ4n) is 2.82. The molecule has 1 aliphatic heterocycles. The minimum Gasteiger partial charge on any atom is -0.493 e. The van der Waals surface area contributed by atoms with Crippen LogP contribution in [0.3, 0.4) is 0 Å². The van der Waals surface area contributed by atoms with Crippen molar-refractivity contribution < 1.29 is 9.47 Å². The average Bonchev–Trinajstić information content (AvgIpc) is 2.56. The Morgan fingerprint density at radius 2 is 1.87 bits per heavy atom. The van der Waals surface area contributed by atoms with Crippen LogP contribution >= 0.6 is 15.9 Å². The van der Waals surface area contributed by atoms with Gasteiger partial charge in [-0.05, 0) is 50.6 Å². The van der Waals surface area contributed by atoms with Gasteiger partial charge in [-0.1, -0.05) is 22.9 Å². The lowest BCUT2D eigenvalue weighted by Crippen LogP contribution is -2.44. The Labute approximate surface area is 148 Å². The van der Waals surface area contributed by atoms with Gasteiger partial charge in [0.15, 0.2) is 11.5 Å². The Kier molecular flexibility index (Phi) is 7.66. The number of aryl methyl sites for hydroxylation is 1. The number of nitrogens with zero attached hydrogens (tertiary/aromatic N) is 2. The summed E-state index contributed by atoms with van der Waals surface area (Å²) >= 11 is 3.68. The number of piperazine rings is 1. The van der Waals surface area contributed by atoms with E-state index in [0.29, 0.717) is 6.61 Å². The van der Waals surface area contributed by atoms with Gasteiger partial charge in [0.25, 0.3) is 0 Å². The lowest BCUT2D eigenvalue weighted by atomic mass is 10.1. The van der Waals surface area contributed by atoms with Crippen LogP contribution in [0.5, 0.6) is 11.5 Å². The molecule has 130 valence electrons. The molecule has 0 amide bonds. The molecule has 0 atom stereocenters. The van der Waals surface area contributed by atoms with E-state index in [1.165, 1.54) is 38.2 Å². The highest BCUT2D eigenvalue weighted by Gasteiger charge is 2.14. The highest BCUT2D eigenvalue weighted by molar-refractivity contribution is 9.10. The van der Waals surface area contributed by atoms with E-state index in [4.69, 9.17) is 9.47 Å². The van der Waals surface area contributed by atoms with Crippen molar-refractivity contribution in [1.29, 1.82) is 0 Å². The molecule has 2 rings (SSSR count). The van der Waals surface area contributed by atoms with Gasteiger partial charge in [-0.2, -0.15) is 0 Å². The van der Waals surface area contributed by atoms with Crippen molar-refractivity contribution in [1.82, 2.24) is 9.80 Å². The predicted octanol–water partition coefficient (Wildman–Crippen LogP) is 3.43. The number of benzene rings is 1. The minimum atomic E-state index is 0.714. The van der Waals surface area contributed by atoms with E-state index in [-0.39, 0.29) is 0 Å². The number of halogens is 1. The molecule has 1 aliphatic rings. The monoisotopic (exact) mass is 384 g/mol. The van der Waals surface area contributed by atoms with Crippen LogP contribution in [0.4, 0.5) is 0 Å². The second-order valence-electron chi connectivity index (χ2n) is 6.19.